The van der Waals surface area contributed by atoms with Crippen LogP contribution in [0.3, 0.4) is 0 Å². The molecule has 3 unspecified atom stereocenters. The highest BCUT2D eigenvalue weighted by Gasteiger charge is 2.37. The van der Waals surface area contributed by atoms with Gasteiger partial charge in [-0.3, -0.25) is 4.79 Å². The lowest BCUT2D eigenvalue weighted by Gasteiger charge is -2.32. The number of nitrogens with one attached hydrogen (secondary N) is 1. The third-order valence-electron chi connectivity index (χ3n) is 3.35. The van der Waals surface area contributed by atoms with Crippen molar-refractivity contribution in [2.24, 2.45) is 11.8 Å². The van der Waals surface area contributed by atoms with Gasteiger partial charge in [-0.05, 0) is 12.3 Å². The summed E-state index contributed by atoms with van der Waals surface area (Å²) in [6.45, 7) is 4.25. The number of hydrogen-bond donors (Lipinski definition) is 2. The average molecular weight is 275 g/mol. The molecule has 3 atom stereocenters. The first-order valence-corrected chi connectivity index (χ1v) is 7.23. The summed E-state index contributed by atoms with van der Waals surface area (Å²) in [5.41, 5.74) is 0. The molecule has 2 N–H and O–H groups in total. The van der Waals surface area contributed by atoms with E-state index in [1.165, 1.54) is 0 Å². The predicted molar refractivity (Wildman–Crippen MR) is 70.3 cm³/mol. The molecule has 6 heteroatoms. The van der Waals surface area contributed by atoms with Crippen molar-refractivity contribution >= 4 is 23.2 Å². The van der Waals surface area contributed by atoms with Crippen LogP contribution in [0.15, 0.2) is 0 Å². The van der Waals surface area contributed by atoms with Crippen molar-refractivity contribution in [3.8, 4) is 0 Å². The third-order valence-corrected chi connectivity index (χ3v) is 4.06. The monoisotopic (exact) mass is 275 g/mol. The quantitative estimate of drug-likeness (QED) is 0.549. The van der Waals surface area contributed by atoms with Gasteiger partial charge in [0.1, 0.15) is 6.61 Å². The summed E-state index contributed by atoms with van der Waals surface area (Å²) < 4.78 is 7.82. The normalized spacial score (nSPS) is 23.2. The zero-order valence-electron chi connectivity index (χ0n) is 10.8. The second kappa shape index (κ2) is 7.63. The van der Waals surface area contributed by atoms with Crippen LogP contribution in [0.1, 0.15) is 39.5 Å². The summed E-state index contributed by atoms with van der Waals surface area (Å²) in [6.07, 6.45) is 3.82. The summed E-state index contributed by atoms with van der Waals surface area (Å²) in [5.74, 6) is -1.19. The molecule has 0 aliphatic carbocycles. The number of aliphatic carboxylic acids is 1. The number of cyclic esters (lactones) is 1. The van der Waals surface area contributed by atoms with Gasteiger partial charge in [0.2, 0.25) is 0 Å². The molecule has 5 nitrogen and oxygen atoms in total. The van der Waals surface area contributed by atoms with Crippen molar-refractivity contribution in [1.82, 2.24) is 4.72 Å². The topological polar surface area (TPSA) is 75.6 Å². The van der Waals surface area contributed by atoms with Gasteiger partial charge < -0.3 is 9.84 Å². The van der Waals surface area contributed by atoms with Gasteiger partial charge in [-0.1, -0.05) is 33.1 Å². The van der Waals surface area contributed by atoms with Crippen LogP contribution < -0.4 is 4.72 Å². The Morgan fingerprint density at radius 2 is 2.33 bits per heavy atom. The summed E-state index contributed by atoms with van der Waals surface area (Å²) in [4.78, 5) is 22.4. The molecule has 0 aromatic carbocycles. The van der Waals surface area contributed by atoms with Crippen LogP contribution in [0.2, 0.25) is 0 Å². The minimum atomic E-state index is -0.811. The zero-order chi connectivity index (χ0) is 13.5. The highest BCUT2D eigenvalue weighted by atomic mass is 32.2. The van der Waals surface area contributed by atoms with Crippen molar-refractivity contribution < 1.29 is 19.4 Å². The van der Waals surface area contributed by atoms with Gasteiger partial charge >= 0.3 is 11.3 Å². The van der Waals surface area contributed by atoms with E-state index in [4.69, 9.17) is 4.74 Å². The Balaban J connectivity index is 2.67. The van der Waals surface area contributed by atoms with Crippen LogP contribution in [-0.4, -0.2) is 29.0 Å². The smallest absolute Gasteiger partial charge is 0.382 e. The van der Waals surface area contributed by atoms with Crippen LogP contribution in [0.5, 0.6) is 0 Å². The largest absolute Gasteiger partial charge is 0.481 e. The Labute approximate surface area is 112 Å². The van der Waals surface area contributed by atoms with Crippen LogP contribution >= 0.6 is 11.9 Å². The second-order valence-corrected chi connectivity index (χ2v) is 5.34. The lowest BCUT2D eigenvalue weighted by Crippen LogP contribution is -2.47. The van der Waals surface area contributed by atoms with E-state index < -0.39 is 17.2 Å². The first kappa shape index (κ1) is 15.3. The number of carboxylic acids is 1. The molecule has 0 saturated carbocycles. The highest BCUT2D eigenvalue weighted by Crippen LogP contribution is 2.28. The lowest BCUT2D eigenvalue weighted by molar-refractivity contribution is -0.145. The number of hydrogen-bond acceptors (Lipinski definition) is 5. The molecule has 1 fully saturated rings. The van der Waals surface area contributed by atoms with Crippen LogP contribution in [-0.2, 0) is 9.53 Å². The molecule has 0 spiro atoms. The molecular weight excluding hydrogens is 254 g/mol. The van der Waals surface area contributed by atoms with E-state index in [1.807, 2.05) is 6.92 Å². The maximum absolute atomic E-state index is 11.5. The molecule has 0 bridgehead atoms. The standard InChI is InChI=1S/C12H21NO4S/c1-3-5-6-8(4-2)10(11(14)15)9-7-17-12(16)18-13-9/h8-10,13H,3-7H2,1-2H3,(H,14,15). The maximum Gasteiger partial charge on any atom is 0.382 e. The van der Waals surface area contributed by atoms with E-state index in [0.29, 0.717) is 0 Å². The second-order valence-electron chi connectivity index (χ2n) is 4.56. The Bertz CT molecular complexity index is 288. The molecular formula is C12H21NO4S. The Morgan fingerprint density at radius 1 is 1.61 bits per heavy atom. The molecule has 0 aromatic heterocycles. The van der Waals surface area contributed by atoms with Crippen LogP contribution in [0.25, 0.3) is 0 Å². The van der Waals surface area contributed by atoms with Gasteiger partial charge in [-0.25, -0.2) is 9.52 Å². The molecule has 1 aliphatic heterocycles. The minimum Gasteiger partial charge on any atom is -0.481 e. The van der Waals surface area contributed by atoms with E-state index in [1.54, 1.807) is 0 Å². The van der Waals surface area contributed by atoms with E-state index in [9.17, 15) is 14.7 Å². The van der Waals surface area contributed by atoms with Crippen LogP contribution in [0.4, 0.5) is 4.79 Å². The summed E-state index contributed by atoms with van der Waals surface area (Å²) in [5, 5.41) is 9.01. The van der Waals surface area contributed by atoms with Crippen molar-refractivity contribution in [1.29, 1.82) is 0 Å². The molecule has 1 rings (SSSR count). The van der Waals surface area contributed by atoms with Crippen molar-refractivity contribution in [2.45, 2.75) is 45.6 Å². The predicted octanol–water partition coefficient (Wildman–Crippen LogP) is 2.66. The fourth-order valence-electron chi connectivity index (χ4n) is 2.33. The SMILES string of the molecule is CCCCC(CC)C(C(=O)O)C1COC(=O)SN1. The molecule has 1 saturated heterocycles. The minimum absolute atomic E-state index is 0.123. The number of ether oxygens (including phenoxy) is 1. The molecule has 0 aromatic rings. The number of carbonyl (C=O) groups is 2. The van der Waals surface area contributed by atoms with E-state index in [0.717, 1.165) is 37.6 Å². The van der Waals surface area contributed by atoms with Gasteiger partial charge in [-0.2, -0.15) is 0 Å². The first-order valence-electron chi connectivity index (χ1n) is 6.42. The van der Waals surface area contributed by atoms with Gasteiger partial charge in [0.05, 0.1) is 12.0 Å². The van der Waals surface area contributed by atoms with Gasteiger partial charge in [0, 0.05) is 11.9 Å². The molecule has 0 amide bonds. The van der Waals surface area contributed by atoms with Crippen molar-refractivity contribution in [3.05, 3.63) is 0 Å². The van der Waals surface area contributed by atoms with Gasteiger partial charge in [0.15, 0.2) is 0 Å². The Morgan fingerprint density at radius 3 is 2.78 bits per heavy atom. The number of unbranched alkanes of at least 4 members (excludes halogenated alkanes) is 1. The molecule has 18 heavy (non-hydrogen) atoms. The number of carbonyl (C=O) groups excluding carboxylic acids is 1. The molecule has 0 radical (unpaired) electrons. The number of rotatable bonds is 7. The van der Waals surface area contributed by atoms with E-state index in [-0.39, 0.29) is 18.6 Å². The molecule has 1 heterocycles. The lowest BCUT2D eigenvalue weighted by atomic mass is 9.81. The average Bonchev–Trinajstić information content (AvgIpc) is 2.35. The Kier molecular flexibility index (Phi) is 6.49. The van der Waals surface area contributed by atoms with Crippen molar-refractivity contribution in [3.63, 3.8) is 0 Å². The molecule has 104 valence electrons. The van der Waals surface area contributed by atoms with Crippen molar-refractivity contribution in [2.75, 3.05) is 6.61 Å². The van der Waals surface area contributed by atoms with E-state index in [2.05, 4.69) is 11.6 Å². The Hall–Kier alpha value is -0.750. The number of carboxylic acid groups (broad SMARTS) is 1. The highest BCUT2D eigenvalue weighted by molar-refractivity contribution is 8.11. The fraction of sp³-hybridized carbons (Fsp3) is 0.833. The van der Waals surface area contributed by atoms with E-state index >= 15 is 0 Å². The summed E-state index contributed by atoms with van der Waals surface area (Å²) >= 11 is 0.849. The zero-order valence-corrected chi connectivity index (χ0v) is 11.7. The first-order chi connectivity index (χ1) is 8.60. The summed E-state index contributed by atoms with van der Waals surface area (Å²) in [7, 11) is 0. The van der Waals surface area contributed by atoms with Crippen LogP contribution in [0, 0.1) is 11.8 Å². The molecule has 1 aliphatic rings. The van der Waals surface area contributed by atoms with Gasteiger partial charge in [-0.15, -0.1) is 0 Å². The van der Waals surface area contributed by atoms with Gasteiger partial charge in [0.25, 0.3) is 0 Å². The fourth-order valence-corrected chi connectivity index (χ4v) is 2.92. The summed E-state index contributed by atoms with van der Waals surface area (Å²) in [6, 6.07) is -0.299. The maximum atomic E-state index is 11.5. The third kappa shape index (κ3) is 4.17.